The monoisotopic (exact) mass is 296 g/mol. The molecule has 0 aromatic carbocycles. The van der Waals surface area contributed by atoms with E-state index in [1.807, 2.05) is 12.3 Å². The van der Waals surface area contributed by atoms with Crippen LogP contribution < -0.4 is 5.32 Å². The van der Waals surface area contributed by atoms with E-state index in [4.69, 9.17) is 0 Å². The molecule has 2 aromatic rings. The SMILES string of the molecule is CCNC(c1ccc(Br)cn1)c1cccs1. The van der Waals surface area contributed by atoms with Gasteiger partial charge in [-0.25, -0.2) is 0 Å². The van der Waals surface area contributed by atoms with Gasteiger partial charge in [0.2, 0.25) is 0 Å². The summed E-state index contributed by atoms with van der Waals surface area (Å²) in [5.74, 6) is 0. The second-order valence-corrected chi connectivity index (χ2v) is 5.30. The van der Waals surface area contributed by atoms with Gasteiger partial charge in [-0.3, -0.25) is 4.98 Å². The van der Waals surface area contributed by atoms with Gasteiger partial charge >= 0.3 is 0 Å². The maximum Gasteiger partial charge on any atom is 0.0844 e. The minimum atomic E-state index is 0.207. The van der Waals surface area contributed by atoms with E-state index < -0.39 is 0 Å². The average molecular weight is 297 g/mol. The van der Waals surface area contributed by atoms with Crippen LogP contribution in [0.1, 0.15) is 23.5 Å². The van der Waals surface area contributed by atoms with Crippen LogP contribution >= 0.6 is 27.3 Å². The van der Waals surface area contributed by atoms with E-state index in [-0.39, 0.29) is 6.04 Å². The Balaban J connectivity index is 2.29. The molecule has 2 rings (SSSR count). The minimum absolute atomic E-state index is 0.207. The second kappa shape index (κ2) is 5.57. The summed E-state index contributed by atoms with van der Waals surface area (Å²) in [5, 5.41) is 5.55. The zero-order chi connectivity index (χ0) is 11.4. The number of hydrogen-bond acceptors (Lipinski definition) is 3. The smallest absolute Gasteiger partial charge is 0.0844 e. The van der Waals surface area contributed by atoms with E-state index in [1.165, 1.54) is 4.88 Å². The molecule has 0 aliphatic carbocycles. The number of pyridine rings is 1. The van der Waals surface area contributed by atoms with Crippen molar-refractivity contribution in [3.63, 3.8) is 0 Å². The fourth-order valence-corrected chi connectivity index (χ4v) is 2.61. The Morgan fingerprint density at radius 1 is 1.44 bits per heavy atom. The normalized spacial score (nSPS) is 12.6. The van der Waals surface area contributed by atoms with Crippen LogP contribution in [0.2, 0.25) is 0 Å². The van der Waals surface area contributed by atoms with Gasteiger partial charge in [0.1, 0.15) is 0 Å². The third-order valence-electron chi connectivity index (χ3n) is 2.28. The number of rotatable bonds is 4. The Hall–Kier alpha value is -0.710. The molecule has 4 heteroatoms. The van der Waals surface area contributed by atoms with E-state index >= 15 is 0 Å². The standard InChI is InChI=1S/C12H13BrN2S/c1-2-14-12(11-4-3-7-16-11)10-6-5-9(13)8-15-10/h3-8,12,14H,2H2,1H3. The van der Waals surface area contributed by atoms with Crippen molar-refractivity contribution in [3.05, 3.63) is 50.9 Å². The summed E-state index contributed by atoms with van der Waals surface area (Å²) in [7, 11) is 0. The minimum Gasteiger partial charge on any atom is -0.305 e. The summed E-state index contributed by atoms with van der Waals surface area (Å²) in [5.41, 5.74) is 1.06. The molecular formula is C12H13BrN2S. The van der Waals surface area contributed by atoms with Crippen LogP contribution in [-0.2, 0) is 0 Å². The molecule has 0 aliphatic rings. The molecule has 84 valence electrons. The maximum absolute atomic E-state index is 4.45. The predicted molar refractivity (Wildman–Crippen MR) is 71.8 cm³/mol. The molecule has 0 aliphatic heterocycles. The van der Waals surface area contributed by atoms with Crippen LogP contribution in [0.3, 0.4) is 0 Å². The van der Waals surface area contributed by atoms with Crippen LogP contribution in [0, 0.1) is 0 Å². The fraction of sp³-hybridized carbons (Fsp3) is 0.250. The first-order chi connectivity index (χ1) is 7.81. The van der Waals surface area contributed by atoms with E-state index in [0.29, 0.717) is 0 Å². The van der Waals surface area contributed by atoms with Gasteiger partial charge in [-0.1, -0.05) is 13.0 Å². The average Bonchev–Trinajstić information content (AvgIpc) is 2.81. The van der Waals surface area contributed by atoms with Crippen LogP contribution in [0.4, 0.5) is 0 Å². The number of nitrogens with zero attached hydrogens (tertiary/aromatic N) is 1. The molecule has 0 saturated carbocycles. The molecule has 0 spiro atoms. The third kappa shape index (κ3) is 2.70. The van der Waals surface area contributed by atoms with Crippen molar-refractivity contribution >= 4 is 27.3 Å². The largest absolute Gasteiger partial charge is 0.305 e. The molecular weight excluding hydrogens is 284 g/mol. The molecule has 2 heterocycles. The molecule has 0 saturated heterocycles. The van der Waals surface area contributed by atoms with Gasteiger partial charge in [0.15, 0.2) is 0 Å². The molecule has 0 bridgehead atoms. The second-order valence-electron chi connectivity index (χ2n) is 3.41. The zero-order valence-electron chi connectivity index (χ0n) is 8.98. The summed E-state index contributed by atoms with van der Waals surface area (Å²) < 4.78 is 1.01. The van der Waals surface area contributed by atoms with Crippen LogP contribution in [-0.4, -0.2) is 11.5 Å². The van der Waals surface area contributed by atoms with Crippen molar-refractivity contribution in [1.29, 1.82) is 0 Å². The molecule has 2 aromatic heterocycles. The summed E-state index contributed by atoms with van der Waals surface area (Å²) in [6.07, 6.45) is 1.84. The van der Waals surface area contributed by atoms with Crippen molar-refractivity contribution in [1.82, 2.24) is 10.3 Å². The Morgan fingerprint density at radius 3 is 2.88 bits per heavy atom. The van der Waals surface area contributed by atoms with Gasteiger partial charge in [0.25, 0.3) is 0 Å². The summed E-state index contributed by atoms with van der Waals surface area (Å²) >= 11 is 5.16. The Kier molecular flexibility index (Phi) is 4.09. The van der Waals surface area contributed by atoms with E-state index in [0.717, 1.165) is 16.7 Å². The van der Waals surface area contributed by atoms with Gasteiger partial charge in [-0.05, 0) is 46.1 Å². The van der Waals surface area contributed by atoms with Gasteiger partial charge in [0, 0.05) is 15.5 Å². The lowest BCUT2D eigenvalue weighted by atomic mass is 10.1. The maximum atomic E-state index is 4.45. The van der Waals surface area contributed by atoms with Gasteiger partial charge in [-0.15, -0.1) is 11.3 Å². The topological polar surface area (TPSA) is 24.9 Å². The Bertz CT molecular complexity index is 425. The zero-order valence-corrected chi connectivity index (χ0v) is 11.4. The van der Waals surface area contributed by atoms with Crippen molar-refractivity contribution in [2.24, 2.45) is 0 Å². The molecule has 1 N–H and O–H groups in total. The lowest BCUT2D eigenvalue weighted by Gasteiger charge is -2.15. The number of thiophene rings is 1. The first-order valence-corrected chi connectivity index (χ1v) is 6.86. The van der Waals surface area contributed by atoms with Crippen LogP contribution in [0.25, 0.3) is 0 Å². The fourth-order valence-electron chi connectivity index (χ4n) is 1.57. The highest BCUT2D eigenvalue weighted by Gasteiger charge is 2.14. The summed E-state index contributed by atoms with van der Waals surface area (Å²) in [4.78, 5) is 5.75. The van der Waals surface area contributed by atoms with E-state index in [2.05, 4.69) is 56.7 Å². The molecule has 1 unspecified atom stereocenters. The Morgan fingerprint density at radius 2 is 2.31 bits per heavy atom. The highest BCUT2D eigenvalue weighted by Crippen LogP contribution is 2.25. The number of nitrogens with one attached hydrogen (secondary N) is 1. The van der Waals surface area contributed by atoms with Gasteiger partial charge in [-0.2, -0.15) is 0 Å². The van der Waals surface area contributed by atoms with Gasteiger partial charge < -0.3 is 5.32 Å². The molecule has 0 fully saturated rings. The first-order valence-electron chi connectivity index (χ1n) is 5.19. The third-order valence-corrected chi connectivity index (χ3v) is 3.69. The van der Waals surface area contributed by atoms with E-state index in [9.17, 15) is 0 Å². The van der Waals surface area contributed by atoms with Crippen molar-refractivity contribution in [2.75, 3.05) is 6.54 Å². The molecule has 16 heavy (non-hydrogen) atoms. The number of aromatic nitrogens is 1. The predicted octanol–water partition coefficient (Wildman–Crippen LogP) is 3.60. The van der Waals surface area contributed by atoms with Gasteiger partial charge in [0.05, 0.1) is 11.7 Å². The molecule has 2 nitrogen and oxygen atoms in total. The lowest BCUT2D eigenvalue weighted by Crippen LogP contribution is -2.21. The first kappa shape index (κ1) is 11.8. The summed E-state index contributed by atoms with van der Waals surface area (Å²) in [6.45, 7) is 3.04. The molecule has 0 radical (unpaired) electrons. The Labute approximate surface area is 108 Å². The highest BCUT2D eigenvalue weighted by molar-refractivity contribution is 9.10. The van der Waals surface area contributed by atoms with E-state index in [1.54, 1.807) is 11.3 Å². The van der Waals surface area contributed by atoms with Crippen molar-refractivity contribution in [3.8, 4) is 0 Å². The molecule has 1 atom stereocenters. The lowest BCUT2D eigenvalue weighted by molar-refractivity contribution is 0.624. The van der Waals surface area contributed by atoms with Crippen LogP contribution in [0.5, 0.6) is 0 Å². The summed E-state index contributed by atoms with van der Waals surface area (Å²) in [6, 6.07) is 8.50. The quantitative estimate of drug-likeness (QED) is 0.932. The van der Waals surface area contributed by atoms with Crippen molar-refractivity contribution in [2.45, 2.75) is 13.0 Å². The van der Waals surface area contributed by atoms with Crippen molar-refractivity contribution < 1.29 is 0 Å². The molecule has 0 amide bonds. The number of halogens is 1. The number of hydrogen-bond donors (Lipinski definition) is 1. The van der Waals surface area contributed by atoms with Crippen LogP contribution in [0.15, 0.2) is 40.3 Å². The highest BCUT2D eigenvalue weighted by atomic mass is 79.9.